The van der Waals surface area contributed by atoms with E-state index in [4.69, 9.17) is 9.47 Å². The lowest BCUT2D eigenvalue weighted by Crippen LogP contribution is -2.46. The summed E-state index contributed by atoms with van der Waals surface area (Å²) in [5.74, 6) is -0.168. The van der Waals surface area contributed by atoms with Gasteiger partial charge in [-0.2, -0.15) is 0 Å². The first-order valence-electron chi connectivity index (χ1n) is 8.48. The van der Waals surface area contributed by atoms with Gasteiger partial charge in [0.15, 0.2) is 0 Å². The van der Waals surface area contributed by atoms with E-state index in [1.165, 1.54) is 12.4 Å². The zero-order valence-corrected chi connectivity index (χ0v) is 14.9. The van der Waals surface area contributed by atoms with Gasteiger partial charge in [0.05, 0.1) is 11.0 Å². The SMILES string of the molecule is CC(C)(C)OC(=O)N1C(=O)O[C@H]2CC[C@@H](c3ccncc3[N+](=O)[O-])C[C@H]21. The van der Waals surface area contributed by atoms with E-state index >= 15 is 0 Å². The molecule has 1 aromatic heterocycles. The molecule has 2 aliphatic rings. The fourth-order valence-corrected chi connectivity index (χ4v) is 3.55. The Kier molecular flexibility index (Phi) is 4.55. The van der Waals surface area contributed by atoms with E-state index in [1.807, 2.05) is 0 Å². The van der Waals surface area contributed by atoms with Crippen LogP contribution in [0.1, 0.15) is 51.5 Å². The van der Waals surface area contributed by atoms with E-state index in [1.54, 1.807) is 26.8 Å². The summed E-state index contributed by atoms with van der Waals surface area (Å²) in [5.41, 5.74) is -0.232. The third-order valence-electron chi connectivity index (χ3n) is 4.59. The number of rotatable bonds is 2. The standard InChI is InChI=1S/C17H21N3O6/c1-17(2,3)26-16(22)19-12-8-10(4-5-14(12)25-15(19)21)11-6-7-18-9-13(11)20(23)24/h6-7,9-10,12,14H,4-5,8H2,1-3H3/t10-,12-,14+/m1/s1. The number of imide groups is 1. The van der Waals surface area contributed by atoms with Crippen molar-refractivity contribution in [1.29, 1.82) is 0 Å². The van der Waals surface area contributed by atoms with E-state index in [-0.39, 0.29) is 11.6 Å². The molecule has 1 aromatic rings. The Morgan fingerprint density at radius 1 is 1.42 bits per heavy atom. The summed E-state index contributed by atoms with van der Waals surface area (Å²) in [6.07, 6.45) is 2.40. The zero-order valence-electron chi connectivity index (χ0n) is 14.9. The molecule has 2 amide bonds. The molecular formula is C17H21N3O6. The quantitative estimate of drug-likeness (QED) is 0.585. The maximum Gasteiger partial charge on any atom is 0.420 e. The molecule has 1 saturated heterocycles. The first-order chi connectivity index (χ1) is 12.2. The average molecular weight is 363 g/mol. The molecular weight excluding hydrogens is 342 g/mol. The number of fused-ring (bicyclic) bond motifs is 1. The number of carbonyl (C=O) groups excluding carboxylic acids is 2. The average Bonchev–Trinajstić information content (AvgIpc) is 2.88. The minimum absolute atomic E-state index is 0.0509. The molecule has 1 saturated carbocycles. The van der Waals surface area contributed by atoms with Crippen molar-refractivity contribution < 1.29 is 24.0 Å². The molecule has 0 N–H and O–H groups in total. The molecule has 0 aromatic carbocycles. The minimum atomic E-state index is -0.750. The highest BCUT2D eigenvalue weighted by molar-refractivity contribution is 5.90. The van der Waals surface area contributed by atoms with E-state index in [9.17, 15) is 19.7 Å². The summed E-state index contributed by atoms with van der Waals surface area (Å²) in [6.45, 7) is 5.15. The lowest BCUT2D eigenvalue weighted by atomic mass is 9.79. The van der Waals surface area contributed by atoms with Crippen LogP contribution in [0.4, 0.5) is 15.3 Å². The van der Waals surface area contributed by atoms with Crippen molar-refractivity contribution in [3.8, 4) is 0 Å². The van der Waals surface area contributed by atoms with Crippen LogP contribution in [-0.4, -0.2) is 44.7 Å². The number of amides is 2. The number of pyridine rings is 1. The van der Waals surface area contributed by atoms with Crippen LogP contribution in [0.5, 0.6) is 0 Å². The molecule has 0 bridgehead atoms. The van der Waals surface area contributed by atoms with Gasteiger partial charge in [0.1, 0.15) is 17.9 Å². The van der Waals surface area contributed by atoms with Crippen molar-refractivity contribution in [1.82, 2.24) is 9.88 Å². The Labute approximate surface area is 150 Å². The van der Waals surface area contributed by atoms with Gasteiger partial charge in [-0.05, 0) is 52.0 Å². The highest BCUT2D eigenvalue weighted by Gasteiger charge is 2.50. The predicted octanol–water partition coefficient (Wildman–Crippen LogP) is 3.38. The van der Waals surface area contributed by atoms with E-state index in [0.29, 0.717) is 24.8 Å². The van der Waals surface area contributed by atoms with Crippen molar-refractivity contribution in [3.05, 3.63) is 34.1 Å². The van der Waals surface area contributed by atoms with Crippen LogP contribution in [0.2, 0.25) is 0 Å². The first-order valence-corrected chi connectivity index (χ1v) is 8.48. The van der Waals surface area contributed by atoms with Crippen LogP contribution in [0.15, 0.2) is 18.5 Å². The number of nitrogens with zero attached hydrogens (tertiary/aromatic N) is 3. The van der Waals surface area contributed by atoms with Gasteiger partial charge in [-0.25, -0.2) is 14.5 Å². The molecule has 2 fully saturated rings. The summed E-state index contributed by atoms with van der Waals surface area (Å²) in [4.78, 5) is 40.2. The van der Waals surface area contributed by atoms with Crippen molar-refractivity contribution >= 4 is 17.9 Å². The maximum absolute atomic E-state index is 12.4. The zero-order chi connectivity index (χ0) is 19.1. The van der Waals surface area contributed by atoms with Crippen molar-refractivity contribution in [3.63, 3.8) is 0 Å². The summed E-state index contributed by atoms with van der Waals surface area (Å²) >= 11 is 0. The van der Waals surface area contributed by atoms with E-state index in [2.05, 4.69) is 4.98 Å². The highest BCUT2D eigenvalue weighted by Crippen LogP contribution is 2.42. The van der Waals surface area contributed by atoms with Crippen LogP contribution < -0.4 is 0 Å². The molecule has 9 nitrogen and oxygen atoms in total. The Bertz CT molecular complexity index is 744. The molecule has 3 rings (SSSR count). The van der Waals surface area contributed by atoms with Gasteiger partial charge in [0, 0.05) is 11.8 Å². The summed E-state index contributed by atoms with van der Waals surface area (Å²) in [7, 11) is 0. The number of carbonyl (C=O) groups is 2. The van der Waals surface area contributed by atoms with Crippen molar-refractivity contribution in [2.45, 2.75) is 63.7 Å². The molecule has 140 valence electrons. The molecule has 3 atom stereocenters. The number of hydrogen-bond acceptors (Lipinski definition) is 7. The smallest absolute Gasteiger partial charge is 0.420 e. The lowest BCUT2D eigenvalue weighted by Gasteiger charge is -2.33. The normalized spacial score (nSPS) is 25.4. The third kappa shape index (κ3) is 3.47. The van der Waals surface area contributed by atoms with Crippen LogP contribution >= 0.6 is 0 Å². The Morgan fingerprint density at radius 3 is 2.81 bits per heavy atom. The van der Waals surface area contributed by atoms with Gasteiger partial charge < -0.3 is 9.47 Å². The van der Waals surface area contributed by atoms with Gasteiger partial charge in [-0.15, -0.1) is 0 Å². The van der Waals surface area contributed by atoms with Crippen molar-refractivity contribution in [2.75, 3.05) is 0 Å². The Hall–Kier alpha value is -2.71. The topological polar surface area (TPSA) is 112 Å². The Balaban J connectivity index is 1.84. The maximum atomic E-state index is 12.4. The molecule has 0 spiro atoms. The Morgan fingerprint density at radius 2 is 2.15 bits per heavy atom. The number of hydrogen-bond donors (Lipinski definition) is 0. The molecule has 1 aliphatic carbocycles. The summed E-state index contributed by atoms with van der Waals surface area (Å²) in [6, 6.07) is 1.13. The van der Waals surface area contributed by atoms with Crippen LogP contribution in [0.25, 0.3) is 0 Å². The number of aromatic nitrogens is 1. The van der Waals surface area contributed by atoms with Gasteiger partial charge in [0.2, 0.25) is 0 Å². The summed E-state index contributed by atoms with van der Waals surface area (Å²) < 4.78 is 10.6. The first kappa shape index (κ1) is 18.1. The molecule has 9 heteroatoms. The fourth-order valence-electron chi connectivity index (χ4n) is 3.55. The van der Waals surface area contributed by atoms with Crippen molar-refractivity contribution in [2.24, 2.45) is 0 Å². The third-order valence-corrected chi connectivity index (χ3v) is 4.59. The van der Waals surface area contributed by atoms with Crippen LogP contribution in [0, 0.1) is 10.1 Å². The largest absolute Gasteiger partial charge is 0.443 e. The molecule has 0 radical (unpaired) electrons. The van der Waals surface area contributed by atoms with Gasteiger partial charge in [0.25, 0.3) is 5.69 Å². The molecule has 1 aliphatic heterocycles. The summed E-state index contributed by atoms with van der Waals surface area (Å²) in [5, 5.41) is 11.3. The monoisotopic (exact) mass is 363 g/mol. The lowest BCUT2D eigenvalue weighted by molar-refractivity contribution is -0.386. The van der Waals surface area contributed by atoms with Crippen LogP contribution in [-0.2, 0) is 9.47 Å². The second-order valence-corrected chi connectivity index (χ2v) is 7.54. The van der Waals surface area contributed by atoms with E-state index in [0.717, 1.165) is 4.90 Å². The molecule has 2 heterocycles. The minimum Gasteiger partial charge on any atom is -0.443 e. The predicted molar refractivity (Wildman–Crippen MR) is 89.6 cm³/mol. The fraction of sp³-hybridized carbons (Fsp3) is 0.588. The number of ether oxygens (including phenoxy) is 2. The highest BCUT2D eigenvalue weighted by atomic mass is 16.6. The van der Waals surface area contributed by atoms with Crippen LogP contribution in [0.3, 0.4) is 0 Å². The molecule has 0 unspecified atom stereocenters. The number of nitro groups is 1. The van der Waals surface area contributed by atoms with Gasteiger partial charge in [-0.1, -0.05) is 0 Å². The van der Waals surface area contributed by atoms with Gasteiger partial charge in [-0.3, -0.25) is 15.1 Å². The van der Waals surface area contributed by atoms with Gasteiger partial charge >= 0.3 is 12.2 Å². The molecule has 26 heavy (non-hydrogen) atoms. The van der Waals surface area contributed by atoms with E-state index < -0.39 is 34.9 Å². The second kappa shape index (κ2) is 6.54. The second-order valence-electron chi connectivity index (χ2n) is 7.54.